The lowest BCUT2D eigenvalue weighted by Crippen LogP contribution is -1.91. The molecule has 0 radical (unpaired) electrons. The first-order valence-corrected chi connectivity index (χ1v) is 6.01. The lowest BCUT2D eigenvalue weighted by atomic mass is 10.0. The van der Waals surface area contributed by atoms with Gasteiger partial charge in [-0.15, -0.1) is 0 Å². The van der Waals surface area contributed by atoms with Gasteiger partial charge in [0.15, 0.2) is 6.29 Å². The number of aldehydes is 1. The molecule has 2 nitrogen and oxygen atoms in total. The van der Waals surface area contributed by atoms with E-state index in [1.54, 1.807) is 7.11 Å². The average molecular weight is 240 g/mol. The van der Waals surface area contributed by atoms with Gasteiger partial charge in [0, 0.05) is 0 Å². The second kappa shape index (κ2) is 5.50. The van der Waals surface area contributed by atoms with Crippen molar-refractivity contribution < 1.29 is 9.53 Å². The Morgan fingerprint density at radius 1 is 1.06 bits per heavy atom. The Morgan fingerprint density at radius 2 is 1.72 bits per heavy atom. The summed E-state index contributed by atoms with van der Waals surface area (Å²) in [6, 6.07) is 14.0. The second-order valence-electron chi connectivity index (χ2n) is 4.13. The number of benzene rings is 2. The molecular formula is C16H16O2. The van der Waals surface area contributed by atoms with Crippen LogP contribution in [-0.4, -0.2) is 13.4 Å². The van der Waals surface area contributed by atoms with E-state index in [-0.39, 0.29) is 0 Å². The van der Waals surface area contributed by atoms with Gasteiger partial charge in [-0.25, -0.2) is 0 Å². The number of carbonyl (C=O) groups is 1. The first-order chi connectivity index (χ1) is 8.78. The SMILES string of the molecule is CCc1ccc(-c2ccc(OC)c(C=O)c2)cc1. The molecule has 0 fully saturated rings. The summed E-state index contributed by atoms with van der Waals surface area (Å²) in [6.07, 6.45) is 1.85. The van der Waals surface area contributed by atoms with Crippen molar-refractivity contribution in [2.75, 3.05) is 7.11 Å². The molecule has 92 valence electrons. The molecular weight excluding hydrogens is 224 g/mol. The van der Waals surface area contributed by atoms with Gasteiger partial charge in [0.1, 0.15) is 5.75 Å². The van der Waals surface area contributed by atoms with Crippen LogP contribution in [0.15, 0.2) is 42.5 Å². The van der Waals surface area contributed by atoms with Crippen LogP contribution in [0.5, 0.6) is 5.75 Å². The molecule has 0 heterocycles. The molecule has 0 saturated heterocycles. The zero-order chi connectivity index (χ0) is 13.0. The third-order valence-corrected chi connectivity index (χ3v) is 3.05. The number of hydrogen-bond acceptors (Lipinski definition) is 2. The first kappa shape index (κ1) is 12.4. The smallest absolute Gasteiger partial charge is 0.153 e. The molecule has 2 aromatic rings. The van der Waals surface area contributed by atoms with E-state index in [1.807, 2.05) is 18.2 Å². The van der Waals surface area contributed by atoms with Gasteiger partial charge >= 0.3 is 0 Å². The van der Waals surface area contributed by atoms with E-state index >= 15 is 0 Å². The lowest BCUT2D eigenvalue weighted by Gasteiger charge is -2.07. The van der Waals surface area contributed by atoms with Crippen molar-refractivity contribution in [2.45, 2.75) is 13.3 Å². The summed E-state index contributed by atoms with van der Waals surface area (Å²) in [6.45, 7) is 2.13. The van der Waals surface area contributed by atoms with Crippen molar-refractivity contribution in [3.05, 3.63) is 53.6 Å². The van der Waals surface area contributed by atoms with Crippen LogP contribution in [0.1, 0.15) is 22.8 Å². The van der Waals surface area contributed by atoms with Gasteiger partial charge in [0.2, 0.25) is 0 Å². The van der Waals surface area contributed by atoms with E-state index in [0.29, 0.717) is 11.3 Å². The number of rotatable bonds is 4. The van der Waals surface area contributed by atoms with Crippen LogP contribution in [0.25, 0.3) is 11.1 Å². The van der Waals surface area contributed by atoms with Crippen molar-refractivity contribution in [1.29, 1.82) is 0 Å². The summed E-state index contributed by atoms with van der Waals surface area (Å²) >= 11 is 0. The lowest BCUT2D eigenvalue weighted by molar-refractivity contribution is 0.112. The molecule has 0 aromatic heterocycles. The third-order valence-electron chi connectivity index (χ3n) is 3.05. The standard InChI is InChI=1S/C16H16O2/c1-3-12-4-6-13(7-5-12)14-8-9-16(18-2)15(10-14)11-17/h4-11H,3H2,1-2H3. The summed E-state index contributed by atoms with van der Waals surface area (Å²) in [7, 11) is 1.57. The zero-order valence-corrected chi connectivity index (χ0v) is 10.6. The fourth-order valence-electron chi connectivity index (χ4n) is 1.94. The molecule has 2 heteroatoms. The van der Waals surface area contributed by atoms with Gasteiger partial charge in [-0.3, -0.25) is 4.79 Å². The van der Waals surface area contributed by atoms with Crippen molar-refractivity contribution in [3.8, 4) is 16.9 Å². The maximum Gasteiger partial charge on any atom is 0.153 e. The summed E-state index contributed by atoms with van der Waals surface area (Å²) in [5.41, 5.74) is 4.02. The topological polar surface area (TPSA) is 26.3 Å². The third kappa shape index (κ3) is 2.43. The molecule has 2 rings (SSSR count). The van der Waals surface area contributed by atoms with Crippen LogP contribution in [0.4, 0.5) is 0 Å². The Balaban J connectivity index is 2.40. The highest BCUT2D eigenvalue weighted by atomic mass is 16.5. The Bertz CT molecular complexity index is 542. The minimum atomic E-state index is 0.578. The Kier molecular flexibility index (Phi) is 3.78. The van der Waals surface area contributed by atoms with Crippen LogP contribution < -0.4 is 4.74 Å². The van der Waals surface area contributed by atoms with Crippen LogP contribution in [0, 0.1) is 0 Å². The Morgan fingerprint density at radius 3 is 2.28 bits per heavy atom. The fourth-order valence-corrected chi connectivity index (χ4v) is 1.94. The van der Waals surface area contributed by atoms with Gasteiger partial charge in [-0.05, 0) is 35.2 Å². The number of methoxy groups -OCH3 is 1. The van der Waals surface area contributed by atoms with Crippen LogP contribution >= 0.6 is 0 Å². The predicted octanol–water partition coefficient (Wildman–Crippen LogP) is 3.74. The minimum Gasteiger partial charge on any atom is -0.496 e. The molecule has 0 amide bonds. The van der Waals surface area contributed by atoms with Crippen LogP contribution in [0.3, 0.4) is 0 Å². The van der Waals surface area contributed by atoms with E-state index < -0.39 is 0 Å². The second-order valence-corrected chi connectivity index (χ2v) is 4.13. The molecule has 0 aliphatic heterocycles. The highest BCUT2D eigenvalue weighted by Gasteiger charge is 2.05. The summed E-state index contributed by atoms with van der Waals surface area (Å²) in [5, 5.41) is 0. The molecule has 2 aromatic carbocycles. The van der Waals surface area contributed by atoms with Crippen LogP contribution in [0.2, 0.25) is 0 Å². The monoisotopic (exact) mass is 240 g/mol. The fraction of sp³-hybridized carbons (Fsp3) is 0.188. The first-order valence-electron chi connectivity index (χ1n) is 6.01. The number of ether oxygens (including phenoxy) is 1. The Hall–Kier alpha value is -2.09. The van der Waals surface area contributed by atoms with Gasteiger partial charge in [-0.2, -0.15) is 0 Å². The van der Waals surface area contributed by atoms with Gasteiger partial charge in [0.25, 0.3) is 0 Å². The van der Waals surface area contributed by atoms with Crippen molar-refractivity contribution in [2.24, 2.45) is 0 Å². The maximum absolute atomic E-state index is 11.0. The highest BCUT2D eigenvalue weighted by molar-refractivity contribution is 5.83. The quantitative estimate of drug-likeness (QED) is 0.761. The number of hydrogen-bond donors (Lipinski definition) is 0. The van der Waals surface area contributed by atoms with E-state index in [0.717, 1.165) is 23.8 Å². The van der Waals surface area contributed by atoms with Gasteiger partial charge in [-0.1, -0.05) is 37.3 Å². The molecule has 0 unspecified atom stereocenters. The summed E-state index contributed by atoms with van der Waals surface area (Å²) in [4.78, 5) is 11.0. The van der Waals surface area contributed by atoms with E-state index in [2.05, 4.69) is 31.2 Å². The maximum atomic E-state index is 11.0. The molecule has 0 bridgehead atoms. The highest BCUT2D eigenvalue weighted by Crippen LogP contribution is 2.25. The largest absolute Gasteiger partial charge is 0.496 e. The molecule has 0 saturated carbocycles. The molecule has 0 aliphatic rings. The minimum absolute atomic E-state index is 0.578. The van der Waals surface area contributed by atoms with Crippen molar-refractivity contribution in [1.82, 2.24) is 0 Å². The number of carbonyl (C=O) groups excluding carboxylic acids is 1. The van der Waals surface area contributed by atoms with E-state index in [9.17, 15) is 4.79 Å². The number of aryl methyl sites for hydroxylation is 1. The Labute approximate surface area is 107 Å². The van der Waals surface area contributed by atoms with Gasteiger partial charge in [0.05, 0.1) is 12.7 Å². The van der Waals surface area contributed by atoms with E-state index in [1.165, 1.54) is 5.56 Å². The predicted molar refractivity (Wildman–Crippen MR) is 73.2 cm³/mol. The van der Waals surface area contributed by atoms with Crippen molar-refractivity contribution in [3.63, 3.8) is 0 Å². The molecule has 18 heavy (non-hydrogen) atoms. The van der Waals surface area contributed by atoms with Gasteiger partial charge < -0.3 is 4.74 Å². The zero-order valence-electron chi connectivity index (χ0n) is 10.6. The summed E-state index contributed by atoms with van der Waals surface area (Å²) < 4.78 is 5.13. The van der Waals surface area contributed by atoms with E-state index in [4.69, 9.17) is 4.74 Å². The molecule has 0 atom stereocenters. The summed E-state index contributed by atoms with van der Waals surface area (Å²) in [5.74, 6) is 0.610. The molecule has 0 spiro atoms. The van der Waals surface area contributed by atoms with Crippen molar-refractivity contribution >= 4 is 6.29 Å². The average Bonchev–Trinajstić information content (AvgIpc) is 2.46. The molecule has 0 aliphatic carbocycles. The molecule has 0 N–H and O–H groups in total. The normalized spacial score (nSPS) is 10.1. The van der Waals surface area contributed by atoms with Crippen LogP contribution in [-0.2, 0) is 6.42 Å².